The second-order valence-electron chi connectivity index (χ2n) is 4.65. The minimum absolute atomic E-state index is 0.113. The van der Waals surface area contributed by atoms with Crippen LogP contribution in [-0.4, -0.2) is 37.9 Å². The van der Waals surface area contributed by atoms with E-state index in [2.05, 4.69) is 5.32 Å². The molecule has 0 atom stereocenters. The Hall–Kier alpha value is -0.610. The van der Waals surface area contributed by atoms with Gasteiger partial charge in [0, 0.05) is 14.2 Å². The maximum Gasteiger partial charge on any atom is 0.251 e. The van der Waals surface area contributed by atoms with Gasteiger partial charge in [-0.25, -0.2) is 0 Å². The fourth-order valence-electron chi connectivity index (χ4n) is 1.02. The van der Waals surface area contributed by atoms with E-state index >= 15 is 0 Å². The summed E-state index contributed by atoms with van der Waals surface area (Å²) in [6, 6.07) is 0. The first-order valence-corrected chi connectivity index (χ1v) is 5.16. The molecule has 4 nitrogen and oxygen atoms in total. The van der Waals surface area contributed by atoms with Crippen molar-refractivity contribution in [2.24, 2.45) is 0 Å². The largest absolute Gasteiger partial charge is 0.379 e. The fraction of sp³-hybridized carbons (Fsp3) is 0.909. The van der Waals surface area contributed by atoms with Crippen molar-refractivity contribution in [3.8, 4) is 0 Å². The fourth-order valence-corrected chi connectivity index (χ4v) is 1.02. The summed E-state index contributed by atoms with van der Waals surface area (Å²) in [4.78, 5) is 11.4. The second-order valence-corrected chi connectivity index (χ2v) is 4.65. The summed E-state index contributed by atoms with van der Waals surface area (Å²) in [5, 5.41) is 2.57. The Morgan fingerprint density at radius 2 is 1.80 bits per heavy atom. The van der Waals surface area contributed by atoms with Gasteiger partial charge in [0.05, 0.1) is 12.2 Å². The zero-order valence-electron chi connectivity index (χ0n) is 10.6. The van der Waals surface area contributed by atoms with Crippen LogP contribution in [0.3, 0.4) is 0 Å². The first kappa shape index (κ1) is 14.4. The summed E-state index contributed by atoms with van der Waals surface area (Å²) < 4.78 is 10.8. The first-order valence-electron chi connectivity index (χ1n) is 5.16. The number of nitrogens with one attached hydrogen (secondary N) is 1. The standard InChI is InChI=1S/C11H23NO3/c1-10(2,14-6)7-8-15-11(3,4)9(13)12-5/h7-8H2,1-6H3,(H,12,13). The molecule has 0 radical (unpaired) electrons. The van der Waals surface area contributed by atoms with Gasteiger partial charge in [0.25, 0.3) is 5.91 Å². The predicted molar refractivity (Wildman–Crippen MR) is 59.8 cm³/mol. The summed E-state index contributed by atoms with van der Waals surface area (Å²) in [5.41, 5.74) is -0.989. The van der Waals surface area contributed by atoms with E-state index in [0.717, 1.165) is 6.42 Å². The molecule has 0 aliphatic rings. The van der Waals surface area contributed by atoms with Crippen molar-refractivity contribution in [2.45, 2.75) is 45.3 Å². The van der Waals surface area contributed by atoms with Crippen molar-refractivity contribution in [2.75, 3.05) is 20.8 Å². The van der Waals surface area contributed by atoms with E-state index in [0.29, 0.717) is 6.61 Å². The maximum absolute atomic E-state index is 11.4. The molecule has 0 unspecified atom stereocenters. The highest BCUT2D eigenvalue weighted by Crippen LogP contribution is 2.16. The van der Waals surface area contributed by atoms with Gasteiger partial charge in [-0.15, -0.1) is 0 Å². The quantitative estimate of drug-likeness (QED) is 0.730. The van der Waals surface area contributed by atoms with E-state index in [1.807, 2.05) is 13.8 Å². The lowest BCUT2D eigenvalue weighted by Crippen LogP contribution is -2.43. The minimum Gasteiger partial charge on any atom is -0.379 e. The summed E-state index contributed by atoms with van der Waals surface area (Å²) in [5.74, 6) is -0.113. The number of ether oxygens (including phenoxy) is 2. The van der Waals surface area contributed by atoms with Crippen molar-refractivity contribution >= 4 is 5.91 Å². The molecule has 0 aromatic rings. The molecule has 0 aliphatic carbocycles. The summed E-state index contributed by atoms with van der Waals surface area (Å²) >= 11 is 0. The molecule has 90 valence electrons. The van der Waals surface area contributed by atoms with Crippen LogP contribution in [0.25, 0.3) is 0 Å². The Labute approximate surface area is 92.3 Å². The Morgan fingerprint density at radius 1 is 1.27 bits per heavy atom. The van der Waals surface area contributed by atoms with Crippen LogP contribution in [0, 0.1) is 0 Å². The molecule has 0 aromatic heterocycles. The number of hydrogen-bond donors (Lipinski definition) is 1. The monoisotopic (exact) mass is 217 g/mol. The van der Waals surface area contributed by atoms with Crippen molar-refractivity contribution < 1.29 is 14.3 Å². The highest BCUT2D eigenvalue weighted by Gasteiger charge is 2.28. The molecule has 0 spiro atoms. The minimum atomic E-state index is -0.779. The maximum atomic E-state index is 11.4. The Bertz CT molecular complexity index is 212. The molecular formula is C11H23NO3. The number of hydrogen-bond acceptors (Lipinski definition) is 3. The normalized spacial score (nSPS) is 12.7. The molecule has 4 heteroatoms. The van der Waals surface area contributed by atoms with Crippen molar-refractivity contribution in [1.82, 2.24) is 5.32 Å². The number of amides is 1. The Kier molecular flexibility index (Phi) is 5.24. The Balaban J connectivity index is 4.00. The lowest BCUT2D eigenvalue weighted by atomic mass is 10.1. The van der Waals surface area contributed by atoms with Gasteiger partial charge in [-0.2, -0.15) is 0 Å². The first-order chi connectivity index (χ1) is 6.75. The zero-order valence-corrected chi connectivity index (χ0v) is 10.6. The van der Waals surface area contributed by atoms with Gasteiger partial charge in [0.1, 0.15) is 5.60 Å². The predicted octanol–water partition coefficient (Wildman–Crippen LogP) is 1.34. The van der Waals surface area contributed by atoms with Crippen LogP contribution in [0.1, 0.15) is 34.1 Å². The topological polar surface area (TPSA) is 47.6 Å². The van der Waals surface area contributed by atoms with Crippen LogP contribution in [0.15, 0.2) is 0 Å². The molecule has 0 bridgehead atoms. The van der Waals surface area contributed by atoms with Crippen LogP contribution in [0.5, 0.6) is 0 Å². The second kappa shape index (κ2) is 5.47. The molecule has 1 amide bonds. The Morgan fingerprint density at radius 3 is 2.20 bits per heavy atom. The van der Waals surface area contributed by atoms with E-state index in [1.165, 1.54) is 0 Å². The molecule has 0 aromatic carbocycles. The van der Waals surface area contributed by atoms with E-state index in [4.69, 9.17) is 9.47 Å². The summed E-state index contributed by atoms with van der Waals surface area (Å²) in [6.45, 7) is 7.99. The van der Waals surface area contributed by atoms with Gasteiger partial charge in [-0.05, 0) is 34.1 Å². The SMILES string of the molecule is CNC(=O)C(C)(C)OCCC(C)(C)OC. The highest BCUT2D eigenvalue weighted by atomic mass is 16.5. The third-order valence-electron chi connectivity index (χ3n) is 2.49. The molecule has 0 heterocycles. The van der Waals surface area contributed by atoms with Gasteiger partial charge in [-0.3, -0.25) is 4.79 Å². The molecule has 0 saturated carbocycles. The molecular weight excluding hydrogens is 194 g/mol. The number of likely N-dealkylation sites (N-methyl/N-ethyl adjacent to an activating group) is 1. The zero-order chi connectivity index (χ0) is 12.1. The van der Waals surface area contributed by atoms with Crippen LogP contribution in [0.4, 0.5) is 0 Å². The summed E-state index contributed by atoms with van der Waals surface area (Å²) in [6.07, 6.45) is 0.754. The average Bonchev–Trinajstić information content (AvgIpc) is 2.16. The molecule has 15 heavy (non-hydrogen) atoms. The lowest BCUT2D eigenvalue weighted by Gasteiger charge is -2.27. The van der Waals surface area contributed by atoms with Crippen LogP contribution >= 0.6 is 0 Å². The molecule has 0 aliphatic heterocycles. The van der Waals surface area contributed by atoms with Crippen molar-refractivity contribution in [1.29, 1.82) is 0 Å². The third kappa shape index (κ3) is 5.14. The van der Waals surface area contributed by atoms with Crippen LogP contribution < -0.4 is 5.32 Å². The van der Waals surface area contributed by atoms with E-state index < -0.39 is 5.60 Å². The summed E-state index contributed by atoms with van der Waals surface area (Å²) in [7, 11) is 3.27. The van der Waals surface area contributed by atoms with Gasteiger partial charge in [-0.1, -0.05) is 0 Å². The van der Waals surface area contributed by atoms with Crippen LogP contribution in [0.2, 0.25) is 0 Å². The van der Waals surface area contributed by atoms with Gasteiger partial charge in [0.2, 0.25) is 0 Å². The van der Waals surface area contributed by atoms with Gasteiger partial charge < -0.3 is 14.8 Å². The lowest BCUT2D eigenvalue weighted by molar-refractivity contribution is -0.144. The van der Waals surface area contributed by atoms with E-state index in [9.17, 15) is 4.79 Å². The number of carbonyl (C=O) groups is 1. The van der Waals surface area contributed by atoms with E-state index in [-0.39, 0.29) is 11.5 Å². The van der Waals surface area contributed by atoms with Crippen molar-refractivity contribution in [3.63, 3.8) is 0 Å². The van der Waals surface area contributed by atoms with Gasteiger partial charge in [0.15, 0.2) is 0 Å². The van der Waals surface area contributed by atoms with Crippen molar-refractivity contribution in [3.05, 3.63) is 0 Å². The highest BCUT2D eigenvalue weighted by molar-refractivity contribution is 5.83. The molecule has 0 saturated heterocycles. The van der Waals surface area contributed by atoms with Crippen LogP contribution in [-0.2, 0) is 14.3 Å². The molecule has 0 rings (SSSR count). The van der Waals surface area contributed by atoms with Gasteiger partial charge >= 0.3 is 0 Å². The smallest absolute Gasteiger partial charge is 0.251 e. The number of carbonyl (C=O) groups excluding carboxylic acids is 1. The number of methoxy groups -OCH3 is 1. The third-order valence-corrected chi connectivity index (χ3v) is 2.49. The van der Waals surface area contributed by atoms with E-state index in [1.54, 1.807) is 28.0 Å². The average molecular weight is 217 g/mol. The number of rotatable bonds is 6. The molecule has 1 N–H and O–H groups in total. The molecule has 0 fully saturated rings.